The van der Waals surface area contributed by atoms with Crippen molar-refractivity contribution in [1.29, 1.82) is 0 Å². The van der Waals surface area contributed by atoms with E-state index in [4.69, 9.17) is 5.73 Å². The summed E-state index contributed by atoms with van der Waals surface area (Å²) in [4.78, 5) is 8.66. The van der Waals surface area contributed by atoms with Crippen LogP contribution in [-0.4, -0.2) is 9.97 Å². The van der Waals surface area contributed by atoms with Gasteiger partial charge in [-0.2, -0.15) is 0 Å². The number of aromatic nitrogens is 2. The predicted octanol–water partition coefficient (Wildman–Crippen LogP) is 3.26. The maximum Gasteiger partial charge on any atom is 0.133 e. The van der Waals surface area contributed by atoms with Crippen LogP contribution in [0, 0.1) is 0 Å². The highest BCUT2D eigenvalue weighted by molar-refractivity contribution is 5.90. The van der Waals surface area contributed by atoms with Crippen LogP contribution in [0.1, 0.15) is 43.7 Å². The van der Waals surface area contributed by atoms with Crippen molar-refractivity contribution in [2.45, 2.75) is 38.0 Å². The van der Waals surface area contributed by atoms with E-state index in [0.29, 0.717) is 11.7 Å². The van der Waals surface area contributed by atoms with Crippen molar-refractivity contribution in [3.8, 4) is 0 Å². The summed E-state index contributed by atoms with van der Waals surface area (Å²) in [6, 6.07) is 4.20. The van der Waals surface area contributed by atoms with Gasteiger partial charge in [0.2, 0.25) is 0 Å². The van der Waals surface area contributed by atoms with Crippen molar-refractivity contribution in [2.24, 2.45) is 0 Å². The van der Waals surface area contributed by atoms with Gasteiger partial charge in [-0.05, 0) is 30.4 Å². The maximum atomic E-state index is 6.01. The molecule has 2 heterocycles. The highest BCUT2D eigenvalue weighted by Crippen LogP contribution is 2.33. The lowest BCUT2D eigenvalue weighted by molar-refractivity contribution is 0.437. The van der Waals surface area contributed by atoms with Crippen LogP contribution in [0.4, 0.5) is 5.82 Å². The Labute approximate surface area is 101 Å². The van der Waals surface area contributed by atoms with Crippen LogP contribution < -0.4 is 5.73 Å². The zero-order valence-corrected chi connectivity index (χ0v) is 9.89. The molecule has 3 nitrogen and oxygen atoms in total. The number of rotatable bonds is 1. The molecule has 2 N–H and O–H groups in total. The molecule has 1 fully saturated rings. The number of pyridine rings is 2. The summed E-state index contributed by atoms with van der Waals surface area (Å²) in [5.41, 5.74) is 7.18. The molecule has 0 atom stereocenters. The van der Waals surface area contributed by atoms with Gasteiger partial charge in [-0.3, -0.25) is 4.98 Å². The molecule has 17 heavy (non-hydrogen) atoms. The molecule has 2 aromatic heterocycles. The molecule has 0 aromatic carbocycles. The lowest BCUT2D eigenvalue weighted by Gasteiger charge is -2.21. The molecule has 1 saturated carbocycles. The van der Waals surface area contributed by atoms with Gasteiger partial charge in [0.1, 0.15) is 5.82 Å². The molecule has 0 saturated heterocycles. The Morgan fingerprint density at radius 1 is 1.18 bits per heavy atom. The van der Waals surface area contributed by atoms with Crippen molar-refractivity contribution in [2.75, 3.05) is 5.73 Å². The number of nitrogens with zero attached hydrogens (tertiary/aromatic N) is 2. The lowest BCUT2D eigenvalue weighted by atomic mass is 9.86. The quantitative estimate of drug-likeness (QED) is 0.813. The Morgan fingerprint density at radius 2 is 2.00 bits per heavy atom. The molecular weight excluding hydrogens is 210 g/mol. The fourth-order valence-electron chi connectivity index (χ4n) is 2.74. The van der Waals surface area contributed by atoms with E-state index in [1.54, 1.807) is 6.20 Å². The molecular formula is C14H17N3. The topological polar surface area (TPSA) is 51.8 Å². The minimum absolute atomic E-state index is 0.601. The predicted molar refractivity (Wildman–Crippen MR) is 69.8 cm³/mol. The average molecular weight is 227 g/mol. The second-order valence-electron chi connectivity index (χ2n) is 4.86. The van der Waals surface area contributed by atoms with Crippen LogP contribution in [-0.2, 0) is 0 Å². The number of fused-ring (bicyclic) bond motifs is 1. The zero-order valence-electron chi connectivity index (χ0n) is 9.89. The van der Waals surface area contributed by atoms with E-state index >= 15 is 0 Å². The number of hydrogen-bond acceptors (Lipinski definition) is 3. The largest absolute Gasteiger partial charge is 0.383 e. The SMILES string of the molecule is Nc1nc(C2CCCCC2)cc2ccncc12. The summed E-state index contributed by atoms with van der Waals surface area (Å²) in [5, 5.41) is 2.13. The summed E-state index contributed by atoms with van der Waals surface area (Å²) in [6.07, 6.45) is 10.1. The standard InChI is InChI=1S/C14H17N3/c15-14-12-9-16-7-6-11(12)8-13(17-14)10-4-2-1-3-5-10/h6-10H,1-5H2,(H2,15,17). The van der Waals surface area contributed by atoms with Gasteiger partial charge in [0.25, 0.3) is 0 Å². The van der Waals surface area contributed by atoms with Crippen molar-refractivity contribution in [3.63, 3.8) is 0 Å². The van der Waals surface area contributed by atoms with Crippen LogP contribution in [0.2, 0.25) is 0 Å². The number of hydrogen-bond donors (Lipinski definition) is 1. The van der Waals surface area contributed by atoms with Crippen LogP contribution in [0.3, 0.4) is 0 Å². The molecule has 0 spiro atoms. The maximum absolute atomic E-state index is 6.01. The summed E-state index contributed by atoms with van der Waals surface area (Å²) in [6.45, 7) is 0. The minimum atomic E-state index is 0.601. The minimum Gasteiger partial charge on any atom is -0.383 e. The van der Waals surface area contributed by atoms with Crippen molar-refractivity contribution in [3.05, 3.63) is 30.2 Å². The summed E-state index contributed by atoms with van der Waals surface area (Å²) in [5.74, 6) is 1.22. The molecule has 0 amide bonds. The number of nitrogen functional groups attached to an aromatic ring is 1. The zero-order chi connectivity index (χ0) is 11.7. The van der Waals surface area contributed by atoms with Crippen molar-refractivity contribution < 1.29 is 0 Å². The van der Waals surface area contributed by atoms with Gasteiger partial charge < -0.3 is 5.73 Å². The Morgan fingerprint density at radius 3 is 2.82 bits per heavy atom. The van der Waals surface area contributed by atoms with E-state index in [9.17, 15) is 0 Å². The third-order valence-electron chi connectivity index (χ3n) is 3.71. The van der Waals surface area contributed by atoms with Gasteiger partial charge in [0, 0.05) is 29.4 Å². The summed E-state index contributed by atoms with van der Waals surface area (Å²) in [7, 11) is 0. The molecule has 0 unspecified atom stereocenters. The van der Waals surface area contributed by atoms with E-state index in [1.165, 1.54) is 37.8 Å². The second-order valence-corrected chi connectivity index (χ2v) is 4.86. The number of nitrogens with two attached hydrogens (primary N) is 1. The first-order chi connectivity index (χ1) is 8.34. The van der Waals surface area contributed by atoms with Crippen molar-refractivity contribution >= 4 is 16.6 Å². The third kappa shape index (κ3) is 1.97. The third-order valence-corrected chi connectivity index (χ3v) is 3.71. The fourth-order valence-corrected chi connectivity index (χ4v) is 2.74. The van der Waals surface area contributed by atoms with Gasteiger partial charge in [-0.1, -0.05) is 19.3 Å². The van der Waals surface area contributed by atoms with Crippen LogP contribution in [0.5, 0.6) is 0 Å². The van der Waals surface area contributed by atoms with Gasteiger partial charge in [-0.15, -0.1) is 0 Å². The molecule has 3 heteroatoms. The molecule has 0 aliphatic heterocycles. The van der Waals surface area contributed by atoms with Gasteiger partial charge in [-0.25, -0.2) is 4.98 Å². The molecule has 1 aliphatic rings. The first kappa shape index (κ1) is 10.5. The normalized spacial score (nSPS) is 17.4. The van der Waals surface area contributed by atoms with Gasteiger partial charge >= 0.3 is 0 Å². The average Bonchev–Trinajstić information content (AvgIpc) is 2.40. The first-order valence-electron chi connectivity index (χ1n) is 6.35. The molecule has 0 radical (unpaired) electrons. The Bertz CT molecular complexity index is 530. The van der Waals surface area contributed by atoms with Crippen molar-refractivity contribution in [1.82, 2.24) is 9.97 Å². The van der Waals surface area contributed by atoms with Crippen LogP contribution >= 0.6 is 0 Å². The van der Waals surface area contributed by atoms with Gasteiger partial charge in [0.15, 0.2) is 0 Å². The Hall–Kier alpha value is -1.64. The highest BCUT2D eigenvalue weighted by atomic mass is 14.9. The van der Waals surface area contributed by atoms with E-state index in [2.05, 4.69) is 16.0 Å². The fraction of sp³-hybridized carbons (Fsp3) is 0.429. The second kappa shape index (κ2) is 4.32. The highest BCUT2D eigenvalue weighted by Gasteiger charge is 2.17. The van der Waals surface area contributed by atoms with E-state index in [1.807, 2.05) is 12.3 Å². The lowest BCUT2D eigenvalue weighted by Crippen LogP contribution is -2.08. The molecule has 1 aliphatic carbocycles. The Balaban J connectivity index is 2.05. The first-order valence-corrected chi connectivity index (χ1v) is 6.35. The monoisotopic (exact) mass is 227 g/mol. The van der Waals surface area contributed by atoms with E-state index in [0.717, 1.165) is 10.8 Å². The Kier molecular flexibility index (Phi) is 2.67. The van der Waals surface area contributed by atoms with E-state index < -0.39 is 0 Å². The number of anilines is 1. The molecule has 2 aromatic rings. The smallest absolute Gasteiger partial charge is 0.133 e. The molecule has 88 valence electrons. The van der Waals surface area contributed by atoms with Crippen LogP contribution in [0.25, 0.3) is 10.8 Å². The van der Waals surface area contributed by atoms with E-state index in [-0.39, 0.29) is 0 Å². The van der Waals surface area contributed by atoms with Crippen LogP contribution in [0.15, 0.2) is 24.5 Å². The van der Waals surface area contributed by atoms with Gasteiger partial charge in [0.05, 0.1) is 0 Å². The molecule has 0 bridgehead atoms. The summed E-state index contributed by atoms with van der Waals surface area (Å²) >= 11 is 0. The molecule has 3 rings (SSSR count). The summed E-state index contributed by atoms with van der Waals surface area (Å²) < 4.78 is 0.